The van der Waals surface area contributed by atoms with Gasteiger partial charge in [-0.15, -0.1) is 0 Å². The van der Waals surface area contributed by atoms with Crippen molar-refractivity contribution >= 4 is 23.3 Å². The summed E-state index contributed by atoms with van der Waals surface area (Å²) in [5, 5.41) is 0. The van der Waals surface area contributed by atoms with Crippen molar-refractivity contribution in [3.05, 3.63) is 112 Å². The molecule has 4 N–H and O–H groups in total. The Labute approximate surface area is 194 Å². The van der Waals surface area contributed by atoms with Gasteiger partial charge in [0.1, 0.15) is 11.5 Å². The zero-order valence-corrected chi connectivity index (χ0v) is 17.5. The largest absolute Gasteiger partial charge is 2.00 e. The van der Waals surface area contributed by atoms with E-state index in [4.69, 9.17) is 20.9 Å². The Kier molecular flexibility index (Phi) is 9.89. The van der Waals surface area contributed by atoms with E-state index in [1.807, 2.05) is 0 Å². The molecule has 0 atom stereocenters. The van der Waals surface area contributed by atoms with Crippen molar-refractivity contribution in [3.8, 4) is 11.5 Å². The van der Waals surface area contributed by atoms with Crippen molar-refractivity contribution in [1.29, 1.82) is 0 Å². The molecule has 2 aromatic rings. The fraction of sp³-hybridized carbons (Fsp3) is 0. The number of ether oxygens (including phenoxy) is 2. The average molecular weight is 456 g/mol. The molecule has 10 radical (unpaired) electrons. The summed E-state index contributed by atoms with van der Waals surface area (Å²) >= 11 is 0. The van der Waals surface area contributed by atoms with Crippen LogP contribution in [0.1, 0.15) is 0 Å². The molecule has 0 aliphatic heterocycles. The van der Waals surface area contributed by atoms with E-state index in [0.717, 1.165) is 0 Å². The van der Waals surface area contributed by atoms with Crippen LogP contribution in [0, 0.1) is 63.2 Å². The standard InChI is InChI=1S/2C12H10NO2.Fe/c2*13-10-5-7-11(8-6-10)15-12(14)9-3-1-2-4-9;/h2*1-8H,13H2;/q;;+2. The predicted octanol–water partition coefficient (Wildman–Crippen LogP) is 3.16. The normalized spacial score (nSPS) is 16.0. The first-order valence-corrected chi connectivity index (χ1v) is 9.10. The van der Waals surface area contributed by atoms with E-state index in [-0.39, 0.29) is 29.0 Å². The monoisotopic (exact) mass is 456 g/mol. The minimum atomic E-state index is -0.357. The maximum absolute atomic E-state index is 11.5. The summed E-state index contributed by atoms with van der Waals surface area (Å²) in [5.74, 6) is 1.37. The van der Waals surface area contributed by atoms with Gasteiger partial charge in [-0.1, -0.05) is 0 Å². The topological polar surface area (TPSA) is 105 Å². The van der Waals surface area contributed by atoms with Crippen molar-refractivity contribution in [2.75, 3.05) is 11.5 Å². The number of carbonyl (C=O) groups is 2. The molecular weight excluding hydrogens is 436 g/mol. The number of hydrogen-bond acceptors (Lipinski definition) is 6. The van der Waals surface area contributed by atoms with E-state index in [2.05, 4.69) is 0 Å². The number of benzene rings is 2. The van der Waals surface area contributed by atoms with Crippen LogP contribution in [-0.2, 0) is 26.7 Å². The van der Waals surface area contributed by atoms with Gasteiger partial charge in [0.25, 0.3) is 0 Å². The molecule has 0 spiro atoms. The third-order valence-electron chi connectivity index (χ3n) is 3.98. The van der Waals surface area contributed by atoms with Crippen molar-refractivity contribution in [2.24, 2.45) is 0 Å². The Morgan fingerprint density at radius 2 is 0.839 bits per heavy atom. The number of carbonyl (C=O) groups excluding carboxylic acids is 2. The summed E-state index contributed by atoms with van der Waals surface area (Å²) in [6.07, 6.45) is 14.0. The van der Waals surface area contributed by atoms with Gasteiger partial charge in [0.15, 0.2) is 0 Å². The van der Waals surface area contributed by atoms with E-state index in [9.17, 15) is 9.59 Å². The predicted molar refractivity (Wildman–Crippen MR) is 114 cm³/mol. The second-order valence-electron chi connectivity index (χ2n) is 6.26. The van der Waals surface area contributed by atoms with Crippen molar-refractivity contribution in [1.82, 2.24) is 0 Å². The summed E-state index contributed by atoms with van der Waals surface area (Å²) in [6.45, 7) is 0. The minimum Gasteiger partial charge on any atom is -0.426 e. The molecule has 2 aliphatic carbocycles. The number of esters is 2. The van der Waals surface area contributed by atoms with Crippen LogP contribution >= 0.6 is 0 Å². The van der Waals surface area contributed by atoms with Gasteiger partial charge in [-0.05, 0) is 99.9 Å². The fourth-order valence-corrected chi connectivity index (χ4v) is 2.42. The van der Waals surface area contributed by atoms with Crippen LogP contribution < -0.4 is 20.9 Å². The Bertz CT molecular complexity index is 756. The van der Waals surface area contributed by atoms with Gasteiger partial charge in [-0.3, -0.25) is 9.59 Å². The third kappa shape index (κ3) is 7.93. The van der Waals surface area contributed by atoms with Gasteiger partial charge >= 0.3 is 29.0 Å². The molecule has 2 saturated carbocycles. The van der Waals surface area contributed by atoms with Gasteiger partial charge in [0.2, 0.25) is 0 Å². The summed E-state index contributed by atoms with van der Waals surface area (Å²) in [7, 11) is 0. The summed E-state index contributed by atoms with van der Waals surface area (Å²) in [6, 6.07) is 13.4. The van der Waals surface area contributed by atoms with Gasteiger partial charge < -0.3 is 20.9 Å². The smallest absolute Gasteiger partial charge is 0.426 e. The third-order valence-corrected chi connectivity index (χ3v) is 3.98. The number of hydrogen-bond donors (Lipinski definition) is 2. The average Bonchev–Trinajstić information content (AvgIpc) is 3.46. The molecule has 31 heavy (non-hydrogen) atoms. The van der Waals surface area contributed by atoms with E-state index in [1.165, 1.54) is 0 Å². The number of rotatable bonds is 4. The second-order valence-corrected chi connectivity index (χ2v) is 6.26. The van der Waals surface area contributed by atoms with Gasteiger partial charge in [0.05, 0.1) is 11.8 Å². The molecule has 0 saturated heterocycles. The van der Waals surface area contributed by atoms with Crippen LogP contribution in [0.3, 0.4) is 0 Å². The molecule has 2 fully saturated rings. The van der Waals surface area contributed by atoms with E-state index < -0.39 is 0 Å². The molecule has 0 heterocycles. The number of anilines is 2. The minimum absolute atomic E-state index is 0. The molecular formula is C24H20FeN2O4+2. The van der Waals surface area contributed by atoms with Crippen molar-refractivity contribution < 1.29 is 36.1 Å². The molecule has 6 nitrogen and oxygen atoms in total. The van der Waals surface area contributed by atoms with Crippen LogP contribution in [-0.4, -0.2) is 11.9 Å². The first-order valence-electron chi connectivity index (χ1n) is 9.10. The van der Waals surface area contributed by atoms with Gasteiger partial charge in [0, 0.05) is 11.4 Å². The van der Waals surface area contributed by atoms with Crippen LogP contribution in [0.2, 0.25) is 0 Å². The number of nitrogen functional groups attached to an aromatic ring is 2. The zero-order valence-electron chi connectivity index (χ0n) is 16.4. The maximum atomic E-state index is 11.5. The summed E-state index contributed by atoms with van der Waals surface area (Å²) in [4.78, 5) is 23.0. The van der Waals surface area contributed by atoms with E-state index in [1.54, 1.807) is 99.9 Å². The fourth-order valence-electron chi connectivity index (χ4n) is 2.42. The molecule has 0 amide bonds. The van der Waals surface area contributed by atoms with Gasteiger partial charge in [-0.25, -0.2) is 0 Å². The molecule has 0 aromatic heterocycles. The van der Waals surface area contributed by atoms with Crippen LogP contribution in [0.25, 0.3) is 0 Å². The van der Waals surface area contributed by atoms with E-state index >= 15 is 0 Å². The van der Waals surface area contributed by atoms with Gasteiger partial charge in [-0.2, -0.15) is 0 Å². The molecule has 2 aliphatic rings. The number of nitrogens with two attached hydrogens (primary N) is 2. The van der Waals surface area contributed by atoms with Crippen LogP contribution in [0.4, 0.5) is 11.4 Å². The van der Waals surface area contributed by atoms with Crippen LogP contribution in [0.15, 0.2) is 48.5 Å². The van der Waals surface area contributed by atoms with Crippen molar-refractivity contribution in [2.45, 2.75) is 0 Å². The van der Waals surface area contributed by atoms with Crippen LogP contribution in [0.5, 0.6) is 11.5 Å². The second kappa shape index (κ2) is 12.4. The molecule has 156 valence electrons. The van der Waals surface area contributed by atoms with Crippen molar-refractivity contribution in [3.63, 3.8) is 0 Å². The van der Waals surface area contributed by atoms with E-state index in [0.29, 0.717) is 34.7 Å². The summed E-state index contributed by atoms with van der Waals surface area (Å²) < 4.78 is 10.2. The molecule has 7 heteroatoms. The molecule has 0 bridgehead atoms. The maximum Gasteiger partial charge on any atom is 2.00 e. The Hall–Kier alpha value is -2.50. The SMILES string of the molecule is Nc1ccc(OC(=O)[C]2[CH][CH][CH][CH]2)cc1.Nc1ccc(OC(=O)[C]2[CH][CH][CH][CH]2)cc1.[Fe+2]. The zero-order chi connectivity index (χ0) is 21.3. The Morgan fingerprint density at radius 3 is 1.13 bits per heavy atom. The quantitative estimate of drug-likeness (QED) is 0.317. The Balaban J connectivity index is 0.000000213. The molecule has 2 aromatic carbocycles. The summed E-state index contributed by atoms with van der Waals surface area (Å²) in [5.41, 5.74) is 12.3. The molecule has 4 rings (SSSR count). The molecule has 0 unspecified atom stereocenters. The Morgan fingerprint density at radius 1 is 0.548 bits per heavy atom. The first-order chi connectivity index (χ1) is 14.5. The first kappa shape index (κ1) is 24.8.